The van der Waals surface area contributed by atoms with E-state index in [0.29, 0.717) is 29.2 Å². The predicted octanol–water partition coefficient (Wildman–Crippen LogP) is 4.41. The standard InChI is InChI=1S/C32H29N3O6/c1-3-4-17-41-32(39)20-9-13-22(14-10-20)34-30(37)25-26(31(34)38)28(29(36)19-11-15-23(40-2)16-12-19)35-27(25)24-8-6-5-7-21(24)18-33-35/h5-16,18,25-28H,3-4,17H2,1-2H3/t25-,26+,27+,28+/m0/s1. The second-order valence-corrected chi connectivity index (χ2v) is 10.3. The molecule has 0 N–H and O–H groups in total. The molecule has 0 aliphatic carbocycles. The maximum Gasteiger partial charge on any atom is 0.338 e. The van der Waals surface area contributed by atoms with Crippen molar-refractivity contribution in [2.24, 2.45) is 16.9 Å². The van der Waals surface area contributed by atoms with Gasteiger partial charge in [0.2, 0.25) is 11.8 Å². The quantitative estimate of drug-likeness (QED) is 0.177. The number of anilines is 1. The molecular weight excluding hydrogens is 522 g/mol. The summed E-state index contributed by atoms with van der Waals surface area (Å²) in [5.74, 6) is -2.77. The van der Waals surface area contributed by atoms with Crippen molar-refractivity contribution in [3.05, 3.63) is 95.1 Å². The van der Waals surface area contributed by atoms with Gasteiger partial charge in [-0.05, 0) is 66.1 Å². The lowest BCUT2D eigenvalue weighted by Gasteiger charge is -2.33. The van der Waals surface area contributed by atoms with E-state index < -0.39 is 41.7 Å². The van der Waals surface area contributed by atoms with Crippen LogP contribution < -0.4 is 9.64 Å². The molecule has 2 saturated heterocycles. The van der Waals surface area contributed by atoms with Crippen molar-refractivity contribution in [3.8, 4) is 5.75 Å². The second kappa shape index (κ2) is 10.6. The van der Waals surface area contributed by atoms with Crippen LogP contribution in [-0.4, -0.2) is 54.5 Å². The van der Waals surface area contributed by atoms with E-state index in [2.05, 4.69) is 5.10 Å². The second-order valence-electron chi connectivity index (χ2n) is 10.3. The minimum Gasteiger partial charge on any atom is -0.497 e. The van der Waals surface area contributed by atoms with Gasteiger partial charge in [-0.15, -0.1) is 0 Å². The number of ether oxygens (including phenoxy) is 2. The lowest BCUT2D eigenvalue weighted by atomic mass is 9.83. The first-order chi connectivity index (χ1) is 19.9. The number of imide groups is 1. The number of unbranched alkanes of at least 4 members (excludes halogenated alkanes) is 1. The van der Waals surface area contributed by atoms with Gasteiger partial charge in [-0.1, -0.05) is 37.6 Å². The molecule has 2 fully saturated rings. The number of ketones is 1. The minimum absolute atomic E-state index is 0.296. The Bertz CT molecular complexity index is 1550. The van der Waals surface area contributed by atoms with Gasteiger partial charge in [-0.2, -0.15) is 5.10 Å². The Kier molecular flexibility index (Phi) is 6.86. The van der Waals surface area contributed by atoms with Crippen molar-refractivity contribution in [3.63, 3.8) is 0 Å². The topological polar surface area (TPSA) is 106 Å². The number of hydrazone groups is 1. The monoisotopic (exact) mass is 551 g/mol. The zero-order valence-corrected chi connectivity index (χ0v) is 22.7. The summed E-state index contributed by atoms with van der Waals surface area (Å²) in [5, 5.41) is 6.23. The number of hydrogen-bond donors (Lipinski definition) is 0. The largest absolute Gasteiger partial charge is 0.497 e. The molecule has 3 aliphatic heterocycles. The van der Waals surface area contributed by atoms with Crippen LogP contribution in [0.5, 0.6) is 5.75 Å². The maximum atomic E-state index is 14.1. The first kappa shape index (κ1) is 26.4. The number of rotatable bonds is 8. The number of nitrogens with zero attached hydrogens (tertiary/aromatic N) is 3. The molecule has 3 aromatic rings. The molecule has 6 rings (SSSR count). The summed E-state index contributed by atoms with van der Waals surface area (Å²) in [7, 11) is 1.54. The summed E-state index contributed by atoms with van der Waals surface area (Å²) in [4.78, 5) is 55.6. The summed E-state index contributed by atoms with van der Waals surface area (Å²) in [6.07, 6.45) is 3.35. The number of hydrogen-bond acceptors (Lipinski definition) is 8. The van der Waals surface area contributed by atoms with Gasteiger partial charge in [0.1, 0.15) is 11.8 Å². The Balaban J connectivity index is 1.36. The van der Waals surface area contributed by atoms with Crippen molar-refractivity contribution in [1.82, 2.24) is 5.01 Å². The highest BCUT2D eigenvalue weighted by Gasteiger charge is 2.65. The molecule has 3 heterocycles. The Morgan fingerprint density at radius 2 is 1.56 bits per heavy atom. The Morgan fingerprint density at radius 3 is 2.27 bits per heavy atom. The molecule has 0 saturated carbocycles. The first-order valence-corrected chi connectivity index (χ1v) is 13.7. The maximum absolute atomic E-state index is 14.1. The highest BCUT2D eigenvalue weighted by Crippen LogP contribution is 2.53. The molecule has 0 spiro atoms. The van der Waals surface area contributed by atoms with E-state index in [9.17, 15) is 19.2 Å². The predicted molar refractivity (Wildman–Crippen MR) is 151 cm³/mol. The zero-order valence-electron chi connectivity index (χ0n) is 22.7. The molecular formula is C32H29N3O6. The number of fused-ring (bicyclic) bond motifs is 5. The number of esters is 1. The van der Waals surface area contributed by atoms with E-state index in [1.807, 2.05) is 31.2 Å². The van der Waals surface area contributed by atoms with Crippen molar-refractivity contribution in [1.29, 1.82) is 0 Å². The summed E-state index contributed by atoms with van der Waals surface area (Å²) in [6.45, 7) is 2.34. The molecule has 2 amide bonds. The number of amides is 2. The third-order valence-corrected chi connectivity index (χ3v) is 8.03. The number of Topliss-reactive ketones (excluding diaryl/α,β-unsaturated/α-hetero) is 1. The summed E-state index contributed by atoms with van der Waals surface area (Å²) >= 11 is 0. The Morgan fingerprint density at radius 1 is 0.878 bits per heavy atom. The van der Waals surface area contributed by atoms with Gasteiger partial charge >= 0.3 is 5.97 Å². The van der Waals surface area contributed by atoms with Crippen LogP contribution in [0.25, 0.3) is 0 Å². The fraction of sp³-hybridized carbons (Fsp3) is 0.281. The Labute approximate surface area is 237 Å². The Hall–Kier alpha value is -4.79. The van der Waals surface area contributed by atoms with Crippen LogP contribution in [0.15, 0.2) is 77.9 Å². The smallest absolute Gasteiger partial charge is 0.338 e. The van der Waals surface area contributed by atoms with Gasteiger partial charge in [0.05, 0.1) is 49.1 Å². The third kappa shape index (κ3) is 4.38. The fourth-order valence-electron chi connectivity index (χ4n) is 5.99. The van der Waals surface area contributed by atoms with Gasteiger partial charge in [-0.25, -0.2) is 9.69 Å². The molecule has 0 radical (unpaired) electrons. The van der Waals surface area contributed by atoms with E-state index in [0.717, 1.165) is 28.9 Å². The number of carbonyl (C=O) groups excluding carboxylic acids is 4. The average molecular weight is 552 g/mol. The van der Waals surface area contributed by atoms with Gasteiger partial charge in [0.15, 0.2) is 5.78 Å². The number of methoxy groups -OCH3 is 1. The normalized spacial score (nSPS) is 22.3. The molecule has 0 aromatic heterocycles. The summed E-state index contributed by atoms with van der Waals surface area (Å²) < 4.78 is 10.5. The van der Waals surface area contributed by atoms with Crippen molar-refractivity contribution in [2.75, 3.05) is 18.6 Å². The summed E-state index contributed by atoms with van der Waals surface area (Å²) in [5.41, 5.74) is 2.76. The van der Waals surface area contributed by atoms with Crippen LogP contribution in [0.1, 0.15) is 57.7 Å². The highest BCUT2D eigenvalue weighted by molar-refractivity contribution is 6.24. The van der Waals surface area contributed by atoms with E-state index >= 15 is 0 Å². The molecule has 0 unspecified atom stereocenters. The van der Waals surface area contributed by atoms with E-state index in [1.54, 1.807) is 66.9 Å². The SMILES string of the molecule is CCCCOC(=O)c1ccc(N2C(=O)[C@@H]3[C@H](C2=O)[C@H]2c4ccccc4C=NN2[C@H]3C(=O)c2ccc(OC)cc2)cc1. The minimum atomic E-state index is -0.975. The van der Waals surface area contributed by atoms with Crippen LogP contribution in [0.3, 0.4) is 0 Å². The lowest BCUT2D eigenvalue weighted by molar-refractivity contribution is -0.124. The lowest BCUT2D eigenvalue weighted by Crippen LogP contribution is -2.44. The van der Waals surface area contributed by atoms with E-state index in [1.165, 1.54) is 0 Å². The molecule has 9 nitrogen and oxygen atoms in total. The van der Waals surface area contributed by atoms with Crippen LogP contribution >= 0.6 is 0 Å². The summed E-state index contributed by atoms with van der Waals surface area (Å²) in [6, 6.07) is 18.9. The van der Waals surface area contributed by atoms with E-state index in [-0.39, 0.29) is 5.78 Å². The highest BCUT2D eigenvalue weighted by atomic mass is 16.5. The van der Waals surface area contributed by atoms with Gasteiger partial charge in [0.25, 0.3) is 0 Å². The molecule has 208 valence electrons. The van der Waals surface area contributed by atoms with Crippen molar-refractivity contribution >= 4 is 35.5 Å². The molecule has 9 heteroatoms. The van der Waals surface area contributed by atoms with Crippen molar-refractivity contribution in [2.45, 2.75) is 31.8 Å². The van der Waals surface area contributed by atoms with Crippen LogP contribution in [0.4, 0.5) is 5.69 Å². The van der Waals surface area contributed by atoms with Crippen molar-refractivity contribution < 1.29 is 28.7 Å². The zero-order chi connectivity index (χ0) is 28.7. The number of carbonyl (C=O) groups is 4. The molecule has 3 aliphatic rings. The van der Waals surface area contributed by atoms with Gasteiger partial charge in [0, 0.05) is 5.56 Å². The van der Waals surface area contributed by atoms with E-state index in [4.69, 9.17) is 9.47 Å². The third-order valence-electron chi connectivity index (χ3n) is 8.03. The van der Waals surface area contributed by atoms with Gasteiger partial charge < -0.3 is 9.47 Å². The van der Waals surface area contributed by atoms with Crippen LogP contribution in [-0.2, 0) is 14.3 Å². The van der Waals surface area contributed by atoms with Gasteiger partial charge in [-0.3, -0.25) is 19.4 Å². The molecule has 3 aromatic carbocycles. The fourth-order valence-corrected chi connectivity index (χ4v) is 5.99. The molecule has 4 atom stereocenters. The van der Waals surface area contributed by atoms with Crippen LogP contribution in [0.2, 0.25) is 0 Å². The molecule has 41 heavy (non-hydrogen) atoms. The first-order valence-electron chi connectivity index (χ1n) is 13.7. The number of benzene rings is 3. The average Bonchev–Trinajstić information content (AvgIpc) is 3.49. The molecule has 0 bridgehead atoms. The van der Waals surface area contributed by atoms with Crippen LogP contribution in [0, 0.1) is 11.8 Å².